The minimum Gasteiger partial charge on any atom is -0.348 e. The van der Waals surface area contributed by atoms with E-state index in [0.29, 0.717) is 29.3 Å². The first-order valence-electron chi connectivity index (χ1n) is 10.3. The van der Waals surface area contributed by atoms with Gasteiger partial charge < -0.3 is 16.0 Å². The van der Waals surface area contributed by atoms with Gasteiger partial charge in [-0.05, 0) is 31.2 Å². The maximum Gasteiger partial charge on any atom is 0.433 e. The Hall–Kier alpha value is -3.64. The van der Waals surface area contributed by atoms with Crippen LogP contribution in [0.2, 0.25) is 5.02 Å². The number of rotatable bonds is 5. The number of H-pyrrole nitrogens is 1. The van der Waals surface area contributed by atoms with E-state index in [0.717, 1.165) is 19.2 Å². The third-order valence-corrected chi connectivity index (χ3v) is 5.81. The van der Waals surface area contributed by atoms with Crippen LogP contribution < -0.4 is 16.0 Å². The highest BCUT2D eigenvalue weighted by Gasteiger charge is 2.36. The first-order chi connectivity index (χ1) is 16.3. The molecule has 3 aromatic heterocycles. The zero-order valence-corrected chi connectivity index (χ0v) is 18.2. The third kappa shape index (κ3) is 4.17. The van der Waals surface area contributed by atoms with Gasteiger partial charge in [0.2, 0.25) is 0 Å². The van der Waals surface area contributed by atoms with E-state index in [4.69, 9.17) is 11.6 Å². The quantitative estimate of drug-likeness (QED) is 0.340. The molecule has 9 nitrogen and oxygen atoms in total. The Kier molecular flexibility index (Phi) is 5.62. The Bertz CT molecular complexity index is 1360. The lowest BCUT2D eigenvalue weighted by Gasteiger charge is -2.13. The smallest absolute Gasteiger partial charge is 0.348 e. The molecule has 4 N–H and O–H groups in total. The van der Waals surface area contributed by atoms with Crippen LogP contribution in [0.15, 0.2) is 43.0 Å². The third-order valence-electron chi connectivity index (χ3n) is 5.50. The molecule has 0 bridgehead atoms. The Morgan fingerprint density at radius 3 is 2.82 bits per heavy atom. The van der Waals surface area contributed by atoms with Crippen LogP contribution in [0.1, 0.15) is 22.5 Å². The molecule has 1 aliphatic rings. The number of halogens is 4. The molecule has 0 aliphatic carbocycles. The van der Waals surface area contributed by atoms with Crippen molar-refractivity contribution in [1.29, 1.82) is 0 Å². The van der Waals surface area contributed by atoms with E-state index in [1.165, 1.54) is 23.0 Å². The summed E-state index contributed by atoms with van der Waals surface area (Å²) in [5.74, 6) is 0.0417. The monoisotopic (exact) mass is 490 g/mol. The molecule has 1 atom stereocenters. The first kappa shape index (κ1) is 22.2. The van der Waals surface area contributed by atoms with Crippen molar-refractivity contribution in [3.05, 3.63) is 59.3 Å². The number of alkyl halides is 3. The van der Waals surface area contributed by atoms with E-state index < -0.39 is 11.9 Å². The van der Waals surface area contributed by atoms with Crippen LogP contribution in [0, 0.1) is 0 Å². The van der Waals surface area contributed by atoms with Crippen molar-refractivity contribution in [3.8, 4) is 11.3 Å². The van der Waals surface area contributed by atoms with Gasteiger partial charge in [0.15, 0.2) is 11.5 Å². The number of imidazole rings is 1. The molecular weight excluding hydrogens is 473 g/mol. The predicted molar refractivity (Wildman–Crippen MR) is 119 cm³/mol. The van der Waals surface area contributed by atoms with Crippen LogP contribution >= 0.6 is 11.6 Å². The maximum atomic E-state index is 13.3. The molecule has 5 rings (SSSR count). The largest absolute Gasteiger partial charge is 0.433 e. The van der Waals surface area contributed by atoms with Crippen molar-refractivity contribution in [2.75, 3.05) is 18.4 Å². The number of carbonyl (C=O) groups excluding carboxylic acids is 1. The zero-order valence-electron chi connectivity index (χ0n) is 17.4. The van der Waals surface area contributed by atoms with Crippen molar-refractivity contribution in [2.45, 2.75) is 18.6 Å². The highest BCUT2D eigenvalue weighted by Crippen LogP contribution is 2.36. The fourth-order valence-corrected chi connectivity index (χ4v) is 4.12. The highest BCUT2D eigenvalue weighted by molar-refractivity contribution is 6.34. The Balaban J connectivity index is 1.41. The summed E-state index contributed by atoms with van der Waals surface area (Å²) in [7, 11) is 0. The van der Waals surface area contributed by atoms with Gasteiger partial charge in [-0.1, -0.05) is 11.6 Å². The second-order valence-electron chi connectivity index (χ2n) is 7.75. The SMILES string of the molecule is O=C(N[C@H]1CCNC1)c1ccc(Nc2nccn3c(-c4cn[nH]c4C(F)(F)F)cnc23)cc1Cl. The van der Waals surface area contributed by atoms with E-state index >= 15 is 0 Å². The van der Waals surface area contributed by atoms with Crippen molar-refractivity contribution in [3.63, 3.8) is 0 Å². The summed E-state index contributed by atoms with van der Waals surface area (Å²) in [5.41, 5.74) is 0.288. The number of nitrogens with one attached hydrogen (secondary N) is 4. The molecule has 1 aromatic carbocycles. The van der Waals surface area contributed by atoms with Gasteiger partial charge >= 0.3 is 6.18 Å². The normalized spacial score (nSPS) is 16.2. The molecule has 34 heavy (non-hydrogen) atoms. The summed E-state index contributed by atoms with van der Waals surface area (Å²) in [4.78, 5) is 21.0. The van der Waals surface area contributed by atoms with E-state index in [9.17, 15) is 18.0 Å². The summed E-state index contributed by atoms with van der Waals surface area (Å²) in [6.07, 6.45) is 1.63. The molecule has 1 fully saturated rings. The standard InChI is InChI=1S/C21H18ClF3N8O/c22-15-7-11(1-2-13(15)20(34)31-12-3-4-26-8-12)30-18-19-28-10-16(33(19)6-5-27-18)14-9-29-32-17(14)21(23,24)25/h1-2,5-7,9-10,12,26H,3-4,8H2,(H,27,30)(H,29,32)(H,31,34)/t12-/m0/s1. The van der Waals surface area contributed by atoms with Crippen LogP contribution in [0.25, 0.3) is 16.9 Å². The minimum atomic E-state index is -4.59. The van der Waals surface area contributed by atoms with Gasteiger partial charge in [0.25, 0.3) is 5.91 Å². The number of anilines is 2. The van der Waals surface area contributed by atoms with E-state index in [1.54, 1.807) is 18.2 Å². The fraction of sp³-hybridized carbons (Fsp3) is 0.238. The number of aromatic amines is 1. The lowest BCUT2D eigenvalue weighted by Crippen LogP contribution is -2.36. The van der Waals surface area contributed by atoms with Crippen molar-refractivity contribution in [1.82, 2.24) is 35.2 Å². The summed E-state index contributed by atoms with van der Waals surface area (Å²) in [5, 5.41) is 15.0. The number of hydrogen-bond acceptors (Lipinski definition) is 6. The van der Waals surface area contributed by atoms with Crippen molar-refractivity contribution in [2.24, 2.45) is 0 Å². The lowest BCUT2D eigenvalue weighted by atomic mass is 10.1. The summed E-state index contributed by atoms with van der Waals surface area (Å²) in [6, 6.07) is 4.91. The van der Waals surface area contributed by atoms with Crippen LogP contribution in [0.3, 0.4) is 0 Å². The molecule has 1 aliphatic heterocycles. The minimum absolute atomic E-state index is 0.0610. The van der Waals surface area contributed by atoms with E-state index in [2.05, 4.69) is 31.0 Å². The summed E-state index contributed by atoms with van der Waals surface area (Å²) in [6.45, 7) is 1.57. The maximum absolute atomic E-state index is 13.3. The molecule has 0 saturated carbocycles. The molecule has 1 saturated heterocycles. The number of carbonyl (C=O) groups is 1. The topological polar surface area (TPSA) is 112 Å². The molecule has 13 heteroatoms. The molecular formula is C21H18ClF3N8O. The van der Waals surface area contributed by atoms with Crippen molar-refractivity contribution >= 4 is 34.7 Å². The van der Waals surface area contributed by atoms with Crippen LogP contribution in [0.4, 0.5) is 24.7 Å². The molecule has 0 radical (unpaired) electrons. The van der Waals surface area contributed by atoms with Gasteiger partial charge in [-0.25, -0.2) is 9.97 Å². The number of fused-ring (bicyclic) bond motifs is 1. The molecule has 0 unspecified atom stereocenters. The molecule has 4 heterocycles. The van der Waals surface area contributed by atoms with Gasteiger partial charge in [0.1, 0.15) is 5.69 Å². The van der Waals surface area contributed by atoms with E-state index in [1.807, 2.05) is 5.10 Å². The molecule has 176 valence electrons. The second kappa shape index (κ2) is 8.61. The summed E-state index contributed by atoms with van der Waals surface area (Å²) >= 11 is 6.35. The van der Waals surface area contributed by atoms with Crippen molar-refractivity contribution < 1.29 is 18.0 Å². The van der Waals surface area contributed by atoms with Gasteiger partial charge in [-0.3, -0.25) is 14.3 Å². The molecule has 1 amide bonds. The van der Waals surface area contributed by atoms with Gasteiger partial charge in [-0.15, -0.1) is 0 Å². The molecule has 0 spiro atoms. The Morgan fingerprint density at radius 1 is 1.24 bits per heavy atom. The second-order valence-corrected chi connectivity index (χ2v) is 8.16. The predicted octanol–water partition coefficient (Wildman–Crippen LogP) is 3.63. The Morgan fingerprint density at radius 2 is 2.09 bits per heavy atom. The van der Waals surface area contributed by atoms with Crippen LogP contribution in [-0.4, -0.2) is 49.6 Å². The number of benzene rings is 1. The van der Waals surface area contributed by atoms with Crippen LogP contribution in [-0.2, 0) is 6.18 Å². The average molecular weight is 491 g/mol. The lowest BCUT2D eigenvalue weighted by molar-refractivity contribution is -0.140. The summed E-state index contributed by atoms with van der Waals surface area (Å²) < 4.78 is 41.4. The molecule has 4 aromatic rings. The Labute approximate surface area is 195 Å². The van der Waals surface area contributed by atoms with E-state index in [-0.39, 0.29) is 28.2 Å². The number of aromatic nitrogens is 5. The van der Waals surface area contributed by atoms with Gasteiger partial charge in [0.05, 0.1) is 34.2 Å². The highest BCUT2D eigenvalue weighted by atomic mass is 35.5. The van der Waals surface area contributed by atoms with Gasteiger partial charge in [0, 0.05) is 30.7 Å². The average Bonchev–Trinajstić information content (AvgIpc) is 3.54. The van der Waals surface area contributed by atoms with Gasteiger partial charge in [-0.2, -0.15) is 18.3 Å². The number of hydrogen-bond donors (Lipinski definition) is 4. The zero-order chi connectivity index (χ0) is 23.9. The number of amides is 1. The number of nitrogens with zero attached hydrogens (tertiary/aromatic N) is 4. The van der Waals surface area contributed by atoms with Crippen LogP contribution in [0.5, 0.6) is 0 Å². The fourth-order valence-electron chi connectivity index (χ4n) is 3.86. The first-order valence-corrected chi connectivity index (χ1v) is 10.7.